The average molecular weight is 528 g/mol. The Morgan fingerprint density at radius 3 is 2.05 bits per heavy atom. The van der Waals surface area contributed by atoms with Crippen LogP contribution in [0.2, 0.25) is 0 Å². The van der Waals surface area contributed by atoms with Crippen molar-refractivity contribution in [2.75, 3.05) is 26.2 Å². The maximum atomic E-state index is 14.9. The molecule has 0 radical (unpaired) electrons. The second kappa shape index (κ2) is 11.2. The summed E-state index contributed by atoms with van der Waals surface area (Å²) in [5.41, 5.74) is 3.65. The topological polar surface area (TPSA) is 45.6 Å². The lowest BCUT2D eigenvalue weighted by Crippen LogP contribution is -2.51. The zero-order valence-corrected chi connectivity index (χ0v) is 22.1. The van der Waals surface area contributed by atoms with Crippen molar-refractivity contribution in [3.63, 3.8) is 0 Å². The summed E-state index contributed by atoms with van der Waals surface area (Å²) in [5.74, 6) is -1.67. The minimum atomic E-state index is -0.707. The first-order valence-electron chi connectivity index (χ1n) is 13.2. The summed E-state index contributed by atoms with van der Waals surface area (Å²) in [7, 11) is 0. The van der Waals surface area contributed by atoms with Gasteiger partial charge in [-0.15, -0.1) is 0 Å². The molecule has 2 amide bonds. The Balaban J connectivity index is 1.40. The van der Waals surface area contributed by atoms with E-state index in [1.165, 1.54) is 12.1 Å². The van der Waals surface area contributed by atoms with Crippen LogP contribution >= 0.6 is 0 Å². The molecule has 1 saturated heterocycles. The Hall–Kier alpha value is -4.26. The third-order valence-corrected chi connectivity index (χ3v) is 7.48. The van der Waals surface area contributed by atoms with E-state index in [0.717, 1.165) is 17.2 Å². The normalized spacial score (nSPS) is 14.4. The summed E-state index contributed by atoms with van der Waals surface area (Å²) in [4.78, 5) is 30.6. The lowest BCUT2D eigenvalue weighted by molar-refractivity contribution is -0.134. The highest BCUT2D eigenvalue weighted by Gasteiger charge is 2.31. The maximum Gasteiger partial charge on any atom is 0.255 e. The largest absolute Gasteiger partial charge is 0.339 e. The minimum Gasteiger partial charge on any atom is -0.339 e. The van der Waals surface area contributed by atoms with Crippen LogP contribution < -0.4 is 0 Å². The molecule has 39 heavy (non-hydrogen) atoms. The fraction of sp³-hybridized carbons (Fsp3) is 0.250. The second-order valence-corrected chi connectivity index (χ2v) is 9.81. The minimum absolute atomic E-state index is 0.0799. The number of nitrogens with zero attached hydrogens (tertiary/aromatic N) is 3. The van der Waals surface area contributed by atoms with Crippen LogP contribution in [0.1, 0.15) is 40.9 Å². The molecule has 0 N–H and O–H groups in total. The molecule has 1 aliphatic rings. The molecule has 5 nitrogen and oxygen atoms in total. The van der Waals surface area contributed by atoms with Gasteiger partial charge >= 0.3 is 0 Å². The van der Waals surface area contributed by atoms with E-state index in [1.54, 1.807) is 22.5 Å². The van der Waals surface area contributed by atoms with Gasteiger partial charge in [0.1, 0.15) is 11.6 Å². The van der Waals surface area contributed by atoms with Crippen molar-refractivity contribution in [3.05, 3.63) is 113 Å². The zero-order valence-electron chi connectivity index (χ0n) is 22.1. The molecule has 7 heteroatoms. The molecular formula is C32H31F2N3O2. The number of piperazine rings is 1. The molecule has 0 saturated carbocycles. The fourth-order valence-corrected chi connectivity index (χ4v) is 5.38. The molecule has 4 aromatic rings. The van der Waals surface area contributed by atoms with Gasteiger partial charge < -0.3 is 14.4 Å². The van der Waals surface area contributed by atoms with Crippen LogP contribution in [0, 0.1) is 18.6 Å². The Kier molecular flexibility index (Phi) is 7.59. The van der Waals surface area contributed by atoms with Gasteiger partial charge in [0.2, 0.25) is 5.91 Å². The molecule has 0 spiro atoms. The number of aromatic nitrogens is 1. The molecule has 200 valence electrons. The molecule has 1 unspecified atom stereocenters. The van der Waals surface area contributed by atoms with Crippen molar-refractivity contribution in [3.8, 4) is 16.9 Å². The van der Waals surface area contributed by atoms with Gasteiger partial charge in [0.15, 0.2) is 0 Å². The highest BCUT2D eigenvalue weighted by atomic mass is 19.1. The monoisotopic (exact) mass is 527 g/mol. The lowest BCUT2D eigenvalue weighted by Gasteiger charge is -2.36. The molecule has 1 aliphatic heterocycles. The number of carbonyl (C=O) groups excluding carboxylic acids is 2. The molecule has 5 rings (SSSR count). The molecule has 0 aliphatic carbocycles. The summed E-state index contributed by atoms with van der Waals surface area (Å²) in [6.07, 6.45) is 0.705. The third kappa shape index (κ3) is 5.21. The maximum absolute atomic E-state index is 14.9. The van der Waals surface area contributed by atoms with Crippen molar-refractivity contribution in [1.82, 2.24) is 14.4 Å². The van der Waals surface area contributed by atoms with Gasteiger partial charge in [-0.2, -0.15) is 0 Å². The highest BCUT2D eigenvalue weighted by molar-refractivity contribution is 5.97. The number of halogens is 2. The van der Waals surface area contributed by atoms with Crippen molar-refractivity contribution in [1.29, 1.82) is 0 Å². The Labute approximate surface area is 227 Å². The van der Waals surface area contributed by atoms with E-state index in [0.29, 0.717) is 49.6 Å². The fourth-order valence-electron chi connectivity index (χ4n) is 5.38. The Morgan fingerprint density at radius 1 is 0.821 bits per heavy atom. The van der Waals surface area contributed by atoms with E-state index in [1.807, 2.05) is 72.5 Å². The second-order valence-electron chi connectivity index (χ2n) is 9.81. The quantitative estimate of drug-likeness (QED) is 0.299. The molecular weight excluding hydrogens is 496 g/mol. The first-order valence-corrected chi connectivity index (χ1v) is 13.2. The van der Waals surface area contributed by atoms with Gasteiger partial charge in [-0.25, -0.2) is 8.78 Å². The highest BCUT2D eigenvalue weighted by Crippen LogP contribution is 2.32. The predicted octanol–water partition coefficient (Wildman–Crippen LogP) is 6.21. The first kappa shape index (κ1) is 26.4. The van der Waals surface area contributed by atoms with Crippen LogP contribution in [0.15, 0.2) is 84.9 Å². The zero-order chi connectivity index (χ0) is 27.5. The molecule has 1 aromatic heterocycles. The van der Waals surface area contributed by atoms with Crippen molar-refractivity contribution in [2.45, 2.75) is 26.2 Å². The summed E-state index contributed by atoms with van der Waals surface area (Å²) in [6, 6.07) is 24.4. The number of amides is 2. The molecule has 0 bridgehead atoms. The summed E-state index contributed by atoms with van der Waals surface area (Å²) < 4.78 is 30.3. The van der Waals surface area contributed by atoms with Crippen LogP contribution in [-0.2, 0) is 4.79 Å². The van der Waals surface area contributed by atoms with Gasteiger partial charge in [0.25, 0.3) is 5.91 Å². The van der Waals surface area contributed by atoms with Gasteiger partial charge in [0, 0.05) is 37.9 Å². The SMILES string of the molecule is CCC(C(=O)N1CCN(C(=O)c2cc(-c3ccccc3)n(-c3ccc(F)cc3F)c2C)CC1)c1ccccc1. The van der Waals surface area contributed by atoms with Gasteiger partial charge in [-0.3, -0.25) is 9.59 Å². The Bertz CT molecular complexity index is 1480. The molecule has 3 aromatic carbocycles. The number of rotatable bonds is 6. The lowest BCUT2D eigenvalue weighted by atomic mass is 9.95. The third-order valence-electron chi connectivity index (χ3n) is 7.48. The van der Waals surface area contributed by atoms with Crippen molar-refractivity contribution < 1.29 is 18.4 Å². The van der Waals surface area contributed by atoms with E-state index in [4.69, 9.17) is 0 Å². The number of benzene rings is 3. The summed E-state index contributed by atoms with van der Waals surface area (Å²) >= 11 is 0. The summed E-state index contributed by atoms with van der Waals surface area (Å²) in [5, 5.41) is 0. The van der Waals surface area contributed by atoms with Crippen molar-refractivity contribution >= 4 is 11.8 Å². The van der Waals surface area contributed by atoms with Crippen LogP contribution in [0.5, 0.6) is 0 Å². The van der Waals surface area contributed by atoms with Crippen molar-refractivity contribution in [2.24, 2.45) is 0 Å². The van der Waals surface area contributed by atoms with E-state index in [9.17, 15) is 18.4 Å². The van der Waals surface area contributed by atoms with Crippen LogP contribution in [-0.4, -0.2) is 52.4 Å². The Morgan fingerprint density at radius 2 is 1.44 bits per heavy atom. The van der Waals surface area contributed by atoms with Crippen LogP contribution in [0.3, 0.4) is 0 Å². The summed E-state index contributed by atoms with van der Waals surface area (Å²) in [6.45, 7) is 5.50. The average Bonchev–Trinajstić information content (AvgIpc) is 3.30. The van der Waals surface area contributed by atoms with Gasteiger partial charge in [-0.1, -0.05) is 67.6 Å². The van der Waals surface area contributed by atoms with E-state index < -0.39 is 11.6 Å². The number of hydrogen-bond donors (Lipinski definition) is 0. The van der Waals surface area contributed by atoms with E-state index >= 15 is 0 Å². The molecule has 2 heterocycles. The van der Waals surface area contributed by atoms with Gasteiger partial charge in [0.05, 0.1) is 22.9 Å². The standard InChI is InChI=1S/C32H31F2N3O2/c1-3-26(23-10-6-4-7-11-23)31(38)35-16-18-36(19-17-35)32(39)27-21-30(24-12-8-5-9-13-24)37(22(27)2)29-15-14-25(33)20-28(29)34/h4-15,20-21,26H,3,16-19H2,1-2H3. The van der Waals surface area contributed by atoms with Crippen LogP contribution in [0.4, 0.5) is 8.78 Å². The number of carbonyl (C=O) groups is 2. The van der Waals surface area contributed by atoms with E-state index in [-0.39, 0.29) is 23.4 Å². The molecule has 1 atom stereocenters. The van der Waals surface area contributed by atoms with E-state index in [2.05, 4.69) is 0 Å². The van der Waals surface area contributed by atoms with Gasteiger partial charge in [-0.05, 0) is 42.7 Å². The first-order chi connectivity index (χ1) is 18.9. The smallest absolute Gasteiger partial charge is 0.255 e. The number of hydrogen-bond acceptors (Lipinski definition) is 2. The predicted molar refractivity (Wildman–Crippen MR) is 148 cm³/mol. The van der Waals surface area contributed by atoms with Crippen LogP contribution in [0.25, 0.3) is 16.9 Å². The molecule has 1 fully saturated rings.